The van der Waals surface area contributed by atoms with Gasteiger partial charge in [-0.25, -0.2) is 6.57 Å². The average Bonchev–Trinajstić information content (AvgIpc) is 2.41. The van der Waals surface area contributed by atoms with Gasteiger partial charge in [-0.05, 0) is 32.6 Å². The van der Waals surface area contributed by atoms with Crippen LogP contribution in [0.3, 0.4) is 0 Å². The molecule has 0 aliphatic heterocycles. The van der Waals surface area contributed by atoms with Crippen LogP contribution in [0.15, 0.2) is 0 Å². The van der Waals surface area contributed by atoms with Crippen molar-refractivity contribution in [3.63, 3.8) is 0 Å². The van der Waals surface area contributed by atoms with Crippen LogP contribution in [0.1, 0.15) is 46.0 Å². The highest BCUT2D eigenvalue weighted by atomic mass is 16.5. The van der Waals surface area contributed by atoms with Gasteiger partial charge in [0, 0.05) is 0 Å². The summed E-state index contributed by atoms with van der Waals surface area (Å²) in [5.74, 6) is -0.302. The first-order valence-electron chi connectivity index (χ1n) is 6.54. The van der Waals surface area contributed by atoms with Crippen LogP contribution in [0.25, 0.3) is 4.85 Å². The summed E-state index contributed by atoms with van der Waals surface area (Å²) in [5, 5.41) is 9.14. The van der Waals surface area contributed by atoms with E-state index in [9.17, 15) is 4.79 Å². The smallest absolute Gasteiger partial charge is 0.323 e. The number of nitrogens with zero attached hydrogens (tertiary/aromatic N) is 2. The van der Waals surface area contributed by atoms with Gasteiger partial charge in [0.25, 0.3) is 0 Å². The van der Waals surface area contributed by atoms with Crippen molar-refractivity contribution < 1.29 is 9.53 Å². The van der Waals surface area contributed by atoms with Crippen molar-refractivity contribution in [3.05, 3.63) is 11.4 Å². The van der Waals surface area contributed by atoms with Gasteiger partial charge in [0.1, 0.15) is 0 Å². The molecule has 0 spiro atoms. The first kappa shape index (κ1) is 14.5. The molecule has 0 bridgehead atoms. The monoisotopic (exact) mass is 248 g/mol. The number of carbonyl (C=O) groups excluding carboxylic acids is 1. The Morgan fingerprint density at radius 1 is 1.56 bits per heavy atom. The van der Waals surface area contributed by atoms with E-state index in [0.717, 1.165) is 25.7 Å². The lowest BCUT2D eigenvalue weighted by Gasteiger charge is -2.35. The van der Waals surface area contributed by atoms with E-state index in [1.54, 1.807) is 13.8 Å². The minimum atomic E-state index is -0.979. The third kappa shape index (κ3) is 2.64. The molecule has 4 heteroatoms. The fourth-order valence-corrected chi connectivity index (χ4v) is 2.79. The molecule has 0 aromatic heterocycles. The Kier molecular flexibility index (Phi) is 5.16. The molecular weight excluding hydrogens is 228 g/mol. The molecule has 0 heterocycles. The fraction of sp³-hybridized carbons (Fsp3) is 0.786. The number of esters is 1. The Labute approximate surface area is 109 Å². The molecule has 0 amide bonds. The van der Waals surface area contributed by atoms with Crippen LogP contribution in [0.2, 0.25) is 0 Å². The van der Waals surface area contributed by atoms with Gasteiger partial charge >= 0.3 is 12.0 Å². The van der Waals surface area contributed by atoms with Gasteiger partial charge in [-0.1, -0.05) is 19.3 Å². The highest BCUT2D eigenvalue weighted by Crippen LogP contribution is 2.43. The van der Waals surface area contributed by atoms with Gasteiger partial charge in [-0.3, -0.25) is 9.64 Å². The maximum Gasteiger partial charge on any atom is 0.323 e. The summed E-state index contributed by atoms with van der Waals surface area (Å²) in [5.41, 5.74) is -0.979. The average molecular weight is 248 g/mol. The predicted molar refractivity (Wildman–Crippen MR) is 67.3 cm³/mol. The number of hydrogen-bond donors (Lipinski definition) is 0. The third-order valence-electron chi connectivity index (χ3n) is 3.99. The zero-order chi connectivity index (χ0) is 13.6. The van der Waals surface area contributed by atoms with E-state index in [1.165, 1.54) is 6.42 Å². The predicted octanol–water partition coefficient (Wildman–Crippen LogP) is 2.95. The van der Waals surface area contributed by atoms with E-state index in [-0.39, 0.29) is 18.5 Å². The van der Waals surface area contributed by atoms with Gasteiger partial charge < -0.3 is 4.74 Å². The molecule has 0 aromatic rings. The Morgan fingerprint density at radius 2 is 2.17 bits per heavy atom. The molecule has 0 aromatic carbocycles. The van der Waals surface area contributed by atoms with E-state index >= 15 is 0 Å². The Bertz CT molecular complexity index is 360. The molecule has 0 saturated heterocycles. The van der Waals surface area contributed by atoms with Crippen LogP contribution >= 0.6 is 0 Å². The normalized spacial score (nSPS) is 21.1. The number of ether oxygens (including phenoxy) is 1. The SMILES string of the molecule is [C-]#[N+]C(C#N)C(C)(C(=O)OCC)C1CCCCC1. The van der Waals surface area contributed by atoms with Crippen molar-refractivity contribution in [1.29, 1.82) is 5.26 Å². The summed E-state index contributed by atoms with van der Waals surface area (Å²) in [7, 11) is 0. The van der Waals surface area contributed by atoms with Gasteiger partial charge in [0.05, 0.1) is 6.61 Å². The second kappa shape index (κ2) is 6.40. The highest BCUT2D eigenvalue weighted by molar-refractivity contribution is 5.79. The summed E-state index contributed by atoms with van der Waals surface area (Å²) in [4.78, 5) is 15.6. The van der Waals surface area contributed by atoms with Crippen molar-refractivity contribution in [1.82, 2.24) is 0 Å². The third-order valence-corrected chi connectivity index (χ3v) is 3.99. The Morgan fingerprint density at radius 3 is 2.61 bits per heavy atom. The van der Waals surface area contributed by atoms with Crippen LogP contribution in [0, 0.1) is 29.2 Å². The van der Waals surface area contributed by atoms with Crippen LogP contribution in [-0.2, 0) is 9.53 Å². The molecule has 4 nitrogen and oxygen atoms in total. The van der Waals surface area contributed by atoms with Crippen LogP contribution in [0.5, 0.6) is 0 Å². The zero-order valence-electron chi connectivity index (χ0n) is 11.1. The Hall–Kier alpha value is -1.55. The van der Waals surface area contributed by atoms with E-state index in [2.05, 4.69) is 4.85 Å². The molecule has 2 unspecified atom stereocenters. The van der Waals surface area contributed by atoms with Crippen molar-refractivity contribution in [2.75, 3.05) is 6.61 Å². The molecule has 1 saturated carbocycles. The van der Waals surface area contributed by atoms with Crippen molar-refractivity contribution >= 4 is 5.97 Å². The number of nitriles is 1. The lowest BCUT2D eigenvalue weighted by atomic mass is 9.66. The Balaban J connectivity index is 3.03. The lowest BCUT2D eigenvalue weighted by Crippen LogP contribution is -2.46. The summed E-state index contributed by atoms with van der Waals surface area (Å²) in [6, 6.07) is 1.03. The summed E-state index contributed by atoms with van der Waals surface area (Å²) >= 11 is 0. The molecule has 1 fully saturated rings. The molecule has 18 heavy (non-hydrogen) atoms. The molecule has 0 N–H and O–H groups in total. The van der Waals surface area contributed by atoms with E-state index in [1.807, 2.05) is 6.07 Å². The molecule has 2 atom stereocenters. The maximum atomic E-state index is 12.2. The topological polar surface area (TPSA) is 54.5 Å². The second-order valence-electron chi connectivity index (χ2n) is 5.00. The van der Waals surface area contributed by atoms with Crippen LogP contribution in [0.4, 0.5) is 0 Å². The highest BCUT2D eigenvalue weighted by Gasteiger charge is 2.53. The van der Waals surface area contributed by atoms with E-state index < -0.39 is 11.5 Å². The number of rotatable bonds is 4. The molecule has 1 aliphatic carbocycles. The summed E-state index contributed by atoms with van der Waals surface area (Å²) in [6.45, 7) is 10.9. The zero-order valence-corrected chi connectivity index (χ0v) is 11.1. The summed E-state index contributed by atoms with van der Waals surface area (Å²) in [6.07, 6.45) is 5.11. The minimum Gasteiger partial charge on any atom is -0.465 e. The second-order valence-corrected chi connectivity index (χ2v) is 5.00. The van der Waals surface area contributed by atoms with Gasteiger partial charge in [-0.2, -0.15) is 5.26 Å². The van der Waals surface area contributed by atoms with Crippen LogP contribution in [-0.4, -0.2) is 18.6 Å². The number of carbonyl (C=O) groups is 1. The first-order chi connectivity index (χ1) is 8.61. The van der Waals surface area contributed by atoms with Gasteiger partial charge in [-0.15, -0.1) is 0 Å². The quantitative estimate of drug-likeness (QED) is 0.567. The van der Waals surface area contributed by atoms with Crippen LogP contribution < -0.4 is 0 Å². The fourth-order valence-electron chi connectivity index (χ4n) is 2.79. The first-order valence-corrected chi connectivity index (χ1v) is 6.54. The maximum absolute atomic E-state index is 12.2. The van der Waals surface area contributed by atoms with E-state index in [4.69, 9.17) is 16.6 Å². The minimum absolute atomic E-state index is 0.0871. The molecule has 1 aliphatic rings. The number of hydrogen-bond acceptors (Lipinski definition) is 3. The standard InChI is InChI=1S/C14H20N2O2/c1-4-18-13(17)14(2,12(10-15)16-3)11-8-6-5-7-9-11/h11-12H,4-9H2,1-2H3. The molecular formula is C14H20N2O2. The van der Waals surface area contributed by atoms with Crippen molar-refractivity contribution in [2.45, 2.75) is 52.0 Å². The van der Waals surface area contributed by atoms with Gasteiger partial charge in [0.2, 0.25) is 0 Å². The van der Waals surface area contributed by atoms with Crippen molar-refractivity contribution in [2.24, 2.45) is 11.3 Å². The lowest BCUT2D eigenvalue weighted by molar-refractivity contribution is -0.158. The van der Waals surface area contributed by atoms with Gasteiger partial charge in [0.15, 0.2) is 11.5 Å². The van der Waals surface area contributed by atoms with E-state index in [0.29, 0.717) is 0 Å². The largest absolute Gasteiger partial charge is 0.465 e. The molecule has 1 rings (SSSR count). The molecule has 98 valence electrons. The summed E-state index contributed by atoms with van der Waals surface area (Å²) < 4.78 is 5.11. The van der Waals surface area contributed by atoms with Crippen molar-refractivity contribution in [3.8, 4) is 6.07 Å². The molecule has 0 radical (unpaired) electrons.